The predicted molar refractivity (Wildman–Crippen MR) is 112 cm³/mol. The molecule has 28 heavy (non-hydrogen) atoms. The molecule has 3 aromatic heterocycles. The Morgan fingerprint density at radius 2 is 2.04 bits per heavy atom. The van der Waals surface area contributed by atoms with Crippen molar-refractivity contribution in [2.24, 2.45) is 0 Å². The Morgan fingerprint density at radius 1 is 1.18 bits per heavy atom. The molecule has 6 nitrogen and oxygen atoms in total. The van der Waals surface area contributed by atoms with E-state index in [0.29, 0.717) is 6.04 Å². The number of anilines is 1. The monoisotopic (exact) mass is 394 g/mol. The molecular formula is C21H22N4O2S. The molecule has 1 aromatic carbocycles. The van der Waals surface area contributed by atoms with Crippen molar-refractivity contribution in [2.75, 3.05) is 12.4 Å². The zero-order valence-electron chi connectivity index (χ0n) is 15.6. The normalized spacial score (nSPS) is 19.9. The summed E-state index contributed by atoms with van der Waals surface area (Å²) in [5.74, 6) is 1.73. The molecule has 0 radical (unpaired) electrons. The number of nitrogens with zero attached hydrogens (tertiary/aromatic N) is 3. The number of nitrogens with one attached hydrogen (secondary N) is 1. The minimum Gasteiger partial charge on any atom is -0.495 e. The molecule has 5 rings (SSSR count). The zero-order chi connectivity index (χ0) is 19.1. The second-order valence-corrected chi connectivity index (χ2v) is 8.32. The van der Waals surface area contributed by atoms with E-state index < -0.39 is 0 Å². The van der Waals surface area contributed by atoms with Crippen LogP contribution in [0.15, 0.2) is 42.6 Å². The number of hydrogen-bond acceptors (Lipinski definition) is 6. The molecular weight excluding hydrogens is 372 g/mol. The highest BCUT2D eigenvalue weighted by molar-refractivity contribution is 7.22. The van der Waals surface area contributed by atoms with E-state index in [9.17, 15) is 5.11 Å². The van der Waals surface area contributed by atoms with Gasteiger partial charge >= 0.3 is 0 Å². The van der Waals surface area contributed by atoms with Crippen LogP contribution in [-0.4, -0.2) is 39.0 Å². The fourth-order valence-corrected chi connectivity index (χ4v) is 5.02. The third-order valence-corrected chi connectivity index (χ3v) is 6.58. The highest BCUT2D eigenvalue weighted by Gasteiger charge is 2.20. The zero-order valence-corrected chi connectivity index (χ0v) is 16.4. The third kappa shape index (κ3) is 3.10. The molecule has 1 aliphatic rings. The Labute approximate surface area is 166 Å². The molecule has 0 spiro atoms. The van der Waals surface area contributed by atoms with Gasteiger partial charge in [-0.05, 0) is 55.3 Å². The summed E-state index contributed by atoms with van der Waals surface area (Å²) < 4.78 is 8.53. The predicted octanol–water partition coefficient (Wildman–Crippen LogP) is 4.34. The Hall–Kier alpha value is -2.64. The van der Waals surface area contributed by atoms with Crippen molar-refractivity contribution in [3.8, 4) is 16.3 Å². The number of thiophene rings is 1. The maximum atomic E-state index is 9.70. The first-order valence-electron chi connectivity index (χ1n) is 9.57. The number of ether oxygens (including phenoxy) is 1. The second-order valence-electron chi connectivity index (χ2n) is 7.27. The van der Waals surface area contributed by atoms with Crippen LogP contribution >= 0.6 is 11.3 Å². The van der Waals surface area contributed by atoms with Crippen LogP contribution in [0.4, 0.5) is 5.82 Å². The number of imidazole rings is 1. The van der Waals surface area contributed by atoms with Crippen LogP contribution < -0.4 is 10.1 Å². The Bertz CT molecular complexity index is 1130. The van der Waals surface area contributed by atoms with Crippen LogP contribution in [0.3, 0.4) is 0 Å². The molecule has 4 aromatic rings. The van der Waals surface area contributed by atoms with Gasteiger partial charge in [-0.1, -0.05) is 12.1 Å². The first kappa shape index (κ1) is 17.5. The van der Waals surface area contributed by atoms with Crippen molar-refractivity contribution < 1.29 is 9.84 Å². The number of aliphatic hydroxyl groups is 1. The van der Waals surface area contributed by atoms with E-state index in [1.807, 2.05) is 35.0 Å². The minimum atomic E-state index is -0.154. The number of rotatable bonds is 4. The summed E-state index contributed by atoms with van der Waals surface area (Å²) >= 11 is 1.69. The van der Waals surface area contributed by atoms with Gasteiger partial charge in [0, 0.05) is 6.04 Å². The summed E-state index contributed by atoms with van der Waals surface area (Å²) in [6.07, 6.45) is 5.35. The summed E-state index contributed by atoms with van der Waals surface area (Å²) in [5, 5.41) is 19.2. The Kier molecular flexibility index (Phi) is 4.41. The van der Waals surface area contributed by atoms with E-state index in [0.717, 1.165) is 63.6 Å². The number of aromatic nitrogens is 3. The molecule has 0 amide bonds. The van der Waals surface area contributed by atoms with Crippen molar-refractivity contribution >= 4 is 32.9 Å². The van der Waals surface area contributed by atoms with Gasteiger partial charge in [0.2, 0.25) is 0 Å². The van der Waals surface area contributed by atoms with Gasteiger partial charge in [0.05, 0.1) is 29.0 Å². The van der Waals surface area contributed by atoms with Crippen molar-refractivity contribution in [3.63, 3.8) is 0 Å². The van der Waals surface area contributed by atoms with E-state index in [-0.39, 0.29) is 6.10 Å². The summed E-state index contributed by atoms with van der Waals surface area (Å²) in [7, 11) is 1.70. The number of benzene rings is 1. The molecule has 0 atom stereocenters. The molecule has 1 saturated carbocycles. The topological polar surface area (TPSA) is 71.7 Å². The molecule has 144 valence electrons. The van der Waals surface area contributed by atoms with Crippen LogP contribution in [0, 0.1) is 0 Å². The molecule has 0 saturated heterocycles. The van der Waals surface area contributed by atoms with E-state index in [1.165, 1.54) is 0 Å². The molecule has 0 bridgehead atoms. The Balaban J connectivity index is 1.50. The molecule has 7 heteroatoms. The summed E-state index contributed by atoms with van der Waals surface area (Å²) in [4.78, 5) is 5.63. The van der Waals surface area contributed by atoms with E-state index >= 15 is 0 Å². The maximum Gasteiger partial charge on any atom is 0.154 e. The molecule has 0 aliphatic heterocycles. The smallest absolute Gasteiger partial charge is 0.154 e. The van der Waals surface area contributed by atoms with Gasteiger partial charge in [-0.2, -0.15) is 0 Å². The minimum absolute atomic E-state index is 0.154. The molecule has 1 aliphatic carbocycles. The molecule has 0 unspecified atom stereocenters. The molecule has 3 heterocycles. The van der Waals surface area contributed by atoms with Crippen molar-refractivity contribution in [3.05, 3.63) is 42.6 Å². The standard InChI is InChI=1S/C21H22N4O2S/c1-27-17-4-2-3-13-11-18(28-21(13)17)16-12-22-20-10-9-19(24-25(16)20)23-14-5-7-15(26)8-6-14/h2-4,9-12,14-15,26H,5-8H2,1H3,(H,23,24). The van der Waals surface area contributed by atoms with Gasteiger partial charge in [-0.3, -0.25) is 0 Å². The fraction of sp³-hybridized carbons (Fsp3) is 0.333. The van der Waals surface area contributed by atoms with Crippen LogP contribution in [0.25, 0.3) is 26.3 Å². The number of fused-ring (bicyclic) bond motifs is 2. The van der Waals surface area contributed by atoms with Crippen molar-refractivity contribution in [1.29, 1.82) is 0 Å². The Morgan fingerprint density at radius 3 is 2.86 bits per heavy atom. The van der Waals surface area contributed by atoms with Crippen molar-refractivity contribution in [1.82, 2.24) is 14.6 Å². The lowest BCUT2D eigenvalue weighted by molar-refractivity contribution is 0.126. The van der Waals surface area contributed by atoms with Crippen LogP contribution in [0.1, 0.15) is 25.7 Å². The van der Waals surface area contributed by atoms with Crippen LogP contribution in [0.2, 0.25) is 0 Å². The average Bonchev–Trinajstić information content (AvgIpc) is 3.33. The summed E-state index contributed by atoms with van der Waals surface area (Å²) in [6.45, 7) is 0. The van der Waals surface area contributed by atoms with Gasteiger partial charge < -0.3 is 15.2 Å². The van der Waals surface area contributed by atoms with Crippen LogP contribution in [0.5, 0.6) is 5.75 Å². The van der Waals surface area contributed by atoms with Gasteiger partial charge in [0.1, 0.15) is 17.3 Å². The number of aliphatic hydroxyl groups excluding tert-OH is 1. The lowest BCUT2D eigenvalue weighted by Crippen LogP contribution is -2.28. The highest BCUT2D eigenvalue weighted by Crippen LogP contribution is 2.38. The lowest BCUT2D eigenvalue weighted by Gasteiger charge is -2.26. The fourth-order valence-electron chi connectivity index (χ4n) is 3.87. The largest absolute Gasteiger partial charge is 0.495 e. The number of hydrogen-bond donors (Lipinski definition) is 2. The second kappa shape index (κ2) is 7.07. The lowest BCUT2D eigenvalue weighted by atomic mass is 9.93. The maximum absolute atomic E-state index is 9.70. The summed E-state index contributed by atoms with van der Waals surface area (Å²) in [6, 6.07) is 12.6. The van der Waals surface area contributed by atoms with E-state index in [4.69, 9.17) is 9.84 Å². The van der Waals surface area contributed by atoms with Gasteiger partial charge in [0.25, 0.3) is 0 Å². The van der Waals surface area contributed by atoms with E-state index in [1.54, 1.807) is 18.4 Å². The SMILES string of the molecule is COc1cccc2cc(-c3cnc4ccc(NC5CCC(O)CC5)nn34)sc12. The molecule has 2 N–H and O–H groups in total. The quantitative estimate of drug-likeness (QED) is 0.539. The first-order valence-corrected chi connectivity index (χ1v) is 10.4. The van der Waals surface area contributed by atoms with Gasteiger partial charge in [-0.25, -0.2) is 9.50 Å². The average molecular weight is 395 g/mol. The third-order valence-electron chi connectivity index (χ3n) is 5.39. The number of methoxy groups -OCH3 is 1. The van der Waals surface area contributed by atoms with E-state index in [2.05, 4.69) is 22.4 Å². The van der Waals surface area contributed by atoms with Gasteiger partial charge in [-0.15, -0.1) is 16.4 Å². The van der Waals surface area contributed by atoms with Crippen LogP contribution in [-0.2, 0) is 0 Å². The first-order chi connectivity index (χ1) is 13.7. The van der Waals surface area contributed by atoms with Crippen molar-refractivity contribution in [2.45, 2.75) is 37.8 Å². The highest BCUT2D eigenvalue weighted by atomic mass is 32.1. The van der Waals surface area contributed by atoms with Gasteiger partial charge in [0.15, 0.2) is 5.65 Å². The summed E-state index contributed by atoms with van der Waals surface area (Å²) in [5.41, 5.74) is 1.80. The molecule has 1 fully saturated rings.